The van der Waals surface area contributed by atoms with E-state index >= 15 is 0 Å². The summed E-state index contributed by atoms with van der Waals surface area (Å²) >= 11 is 1.49. The summed E-state index contributed by atoms with van der Waals surface area (Å²) in [5.41, 5.74) is 1.21. The summed E-state index contributed by atoms with van der Waals surface area (Å²) < 4.78 is 0. The number of hydrogen-bond acceptors (Lipinski definition) is 2. The Morgan fingerprint density at radius 2 is 1.94 bits per heavy atom. The van der Waals surface area contributed by atoms with Gasteiger partial charge in [-0.1, -0.05) is 36.4 Å². The largest absolute Gasteiger partial charge is 0.344 e. The first kappa shape index (κ1) is 11.5. The summed E-state index contributed by atoms with van der Waals surface area (Å²) in [6, 6.07) is 14.2. The molecule has 2 aromatic rings. The van der Waals surface area contributed by atoms with E-state index in [1.165, 1.54) is 29.7 Å². The van der Waals surface area contributed by atoms with E-state index in [1.54, 1.807) is 0 Å². The predicted molar refractivity (Wildman–Crippen MR) is 73.7 cm³/mol. The summed E-state index contributed by atoms with van der Waals surface area (Å²) in [7, 11) is 0. The summed E-state index contributed by atoms with van der Waals surface area (Å²) in [4.78, 5) is 12.9. The lowest BCUT2D eigenvalue weighted by molar-refractivity contribution is 0.0936. The van der Waals surface area contributed by atoms with Gasteiger partial charge in [-0.3, -0.25) is 4.79 Å². The van der Waals surface area contributed by atoms with Gasteiger partial charge in [0.05, 0.1) is 10.9 Å². The van der Waals surface area contributed by atoms with Crippen LogP contribution >= 0.6 is 11.3 Å². The lowest BCUT2D eigenvalue weighted by Crippen LogP contribution is -2.29. The summed E-state index contributed by atoms with van der Waals surface area (Å²) in [5.74, 6) is 0.655. The van der Waals surface area contributed by atoms with E-state index in [1.807, 2.05) is 35.7 Å². The van der Waals surface area contributed by atoms with Crippen molar-refractivity contribution >= 4 is 17.2 Å². The minimum atomic E-state index is 0.0470. The van der Waals surface area contributed by atoms with Crippen molar-refractivity contribution in [3.8, 4) is 0 Å². The predicted octanol–water partition coefficient (Wildman–Crippen LogP) is 3.63. The van der Waals surface area contributed by atoms with Gasteiger partial charge in [0.15, 0.2) is 0 Å². The van der Waals surface area contributed by atoms with Crippen molar-refractivity contribution in [3.05, 3.63) is 58.3 Å². The van der Waals surface area contributed by atoms with Crippen LogP contribution in [-0.2, 0) is 0 Å². The highest BCUT2D eigenvalue weighted by molar-refractivity contribution is 7.12. The van der Waals surface area contributed by atoms with E-state index < -0.39 is 0 Å². The van der Waals surface area contributed by atoms with Crippen LogP contribution in [0.3, 0.4) is 0 Å². The second kappa shape index (κ2) is 4.94. The SMILES string of the molecule is O=C(N[C@@H](c1ccccc1)C1CC1)c1cccs1. The quantitative estimate of drug-likeness (QED) is 0.890. The van der Waals surface area contributed by atoms with Crippen LogP contribution in [0, 0.1) is 5.92 Å². The Morgan fingerprint density at radius 1 is 1.17 bits per heavy atom. The average molecular weight is 257 g/mol. The standard InChI is InChI=1S/C15H15NOS/c17-15(13-7-4-10-18-13)16-14(12-8-9-12)11-5-2-1-3-6-11/h1-7,10,12,14H,8-9H2,(H,16,17)/t14-/m0/s1. The molecule has 0 bridgehead atoms. The highest BCUT2D eigenvalue weighted by Crippen LogP contribution is 2.41. The molecule has 1 aromatic carbocycles. The van der Waals surface area contributed by atoms with Crippen LogP contribution in [0.5, 0.6) is 0 Å². The van der Waals surface area contributed by atoms with Crippen molar-refractivity contribution in [2.75, 3.05) is 0 Å². The summed E-state index contributed by atoms with van der Waals surface area (Å²) in [5, 5.41) is 5.10. The number of hydrogen-bond donors (Lipinski definition) is 1. The second-order valence-corrected chi connectivity index (χ2v) is 5.62. The maximum absolute atomic E-state index is 12.1. The minimum Gasteiger partial charge on any atom is -0.344 e. The van der Waals surface area contributed by atoms with Gasteiger partial charge >= 0.3 is 0 Å². The summed E-state index contributed by atoms with van der Waals surface area (Å²) in [6.07, 6.45) is 2.43. The van der Waals surface area contributed by atoms with Crippen molar-refractivity contribution in [2.45, 2.75) is 18.9 Å². The number of benzene rings is 1. The molecule has 1 aromatic heterocycles. The first-order valence-corrected chi connectivity index (χ1v) is 7.12. The number of thiophene rings is 1. The van der Waals surface area contributed by atoms with Crippen molar-refractivity contribution < 1.29 is 4.79 Å². The van der Waals surface area contributed by atoms with Gasteiger partial charge < -0.3 is 5.32 Å². The van der Waals surface area contributed by atoms with Crippen LogP contribution in [0.15, 0.2) is 47.8 Å². The molecule has 0 unspecified atom stereocenters. The van der Waals surface area contributed by atoms with Gasteiger partial charge in [-0.15, -0.1) is 11.3 Å². The molecule has 3 heteroatoms. The Balaban J connectivity index is 1.77. The molecule has 1 atom stereocenters. The fraction of sp³-hybridized carbons (Fsp3) is 0.267. The molecule has 0 saturated heterocycles. The van der Waals surface area contributed by atoms with Crippen LogP contribution in [-0.4, -0.2) is 5.91 Å². The van der Waals surface area contributed by atoms with E-state index in [2.05, 4.69) is 17.4 Å². The Bertz CT molecular complexity index is 517. The van der Waals surface area contributed by atoms with Gasteiger partial charge in [-0.2, -0.15) is 0 Å². The van der Waals surface area contributed by atoms with E-state index in [9.17, 15) is 4.79 Å². The topological polar surface area (TPSA) is 29.1 Å². The van der Waals surface area contributed by atoms with Gasteiger partial charge in [-0.05, 0) is 35.8 Å². The Morgan fingerprint density at radius 3 is 2.56 bits per heavy atom. The molecule has 1 amide bonds. The zero-order chi connectivity index (χ0) is 12.4. The third-order valence-electron chi connectivity index (χ3n) is 3.28. The van der Waals surface area contributed by atoms with E-state index in [-0.39, 0.29) is 11.9 Å². The molecule has 2 nitrogen and oxygen atoms in total. The van der Waals surface area contributed by atoms with Gasteiger partial charge in [0, 0.05) is 0 Å². The molecule has 1 heterocycles. The zero-order valence-corrected chi connectivity index (χ0v) is 10.8. The van der Waals surface area contributed by atoms with Crippen molar-refractivity contribution in [1.29, 1.82) is 0 Å². The molecule has 0 radical (unpaired) electrons. The molecule has 1 fully saturated rings. The average Bonchev–Trinajstić information content (AvgIpc) is 3.10. The molecule has 0 aliphatic heterocycles. The molecular weight excluding hydrogens is 242 g/mol. The number of carbonyl (C=O) groups excluding carboxylic acids is 1. The number of amides is 1. The van der Waals surface area contributed by atoms with Crippen LogP contribution in [0.2, 0.25) is 0 Å². The molecular formula is C15H15NOS. The molecule has 0 spiro atoms. The van der Waals surface area contributed by atoms with Crippen LogP contribution in [0.4, 0.5) is 0 Å². The molecule has 92 valence electrons. The monoisotopic (exact) mass is 257 g/mol. The normalized spacial score (nSPS) is 16.2. The van der Waals surface area contributed by atoms with Crippen molar-refractivity contribution in [3.63, 3.8) is 0 Å². The van der Waals surface area contributed by atoms with Gasteiger partial charge in [0.1, 0.15) is 0 Å². The van der Waals surface area contributed by atoms with Gasteiger partial charge in [0.25, 0.3) is 5.91 Å². The summed E-state index contributed by atoms with van der Waals surface area (Å²) in [6.45, 7) is 0. The highest BCUT2D eigenvalue weighted by atomic mass is 32.1. The molecule has 1 aliphatic rings. The van der Waals surface area contributed by atoms with Crippen molar-refractivity contribution in [2.24, 2.45) is 5.92 Å². The van der Waals surface area contributed by atoms with E-state index in [4.69, 9.17) is 0 Å². The third kappa shape index (κ3) is 2.46. The van der Waals surface area contributed by atoms with Gasteiger partial charge in [0.2, 0.25) is 0 Å². The molecule has 3 rings (SSSR count). The Kier molecular flexibility index (Phi) is 3.15. The maximum atomic E-state index is 12.1. The smallest absolute Gasteiger partial charge is 0.261 e. The molecule has 1 aliphatic carbocycles. The van der Waals surface area contributed by atoms with Crippen LogP contribution in [0.1, 0.15) is 34.1 Å². The van der Waals surface area contributed by atoms with Crippen LogP contribution < -0.4 is 5.32 Å². The third-order valence-corrected chi connectivity index (χ3v) is 4.15. The van der Waals surface area contributed by atoms with E-state index in [0.717, 1.165) is 4.88 Å². The zero-order valence-electron chi connectivity index (χ0n) is 10.0. The lowest BCUT2D eigenvalue weighted by atomic mass is 10.0. The maximum Gasteiger partial charge on any atom is 0.261 e. The highest BCUT2D eigenvalue weighted by Gasteiger charge is 2.33. The minimum absolute atomic E-state index is 0.0470. The second-order valence-electron chi connectivity index (χ2n) is 4.68. The fourth-order valence-corrected chi connectivity index (χ4v) is 2.81. The first-order chi connectivity index (χ1) is 8.84. The number of nitrogens with one attached hydrogen (secondary N) is 1. The van der Waals surface area contributed by atoms with Crippen LogP contribution in [0.25, 0.3) is 0 Å². The Labute approximate surface area is 111 Å². The number of rotatable bonds is 4. The van der Waals surface area contributed by atoms with E-state index in [0.29, 0.717) is 5.92 Å². The lowest BCUT2D eigenvalue weighted by Gasteiger charge is -2.18. The molecule has 1 saturated carbocycles. The first-order valence-electron chi connectivity index (χ1n) is 6.24. The van der Waals surface area contributed by atoms with Gasteiger partial charge in [-0.25, -0.2) is 0 Å². The molecule has 1 N–H and O–H groups in total. The fourth-order valence-electron chi connectivity index (χ4n) is 2.18. The molecule has 18 heavy (non-hydrogen) atoms. The number of carbonyl (C=O) groups is 1. The Hall–Kier alpha value is -1.61. The van der Waals surface area contributed by atoms with Crippen molar-refractivity contribution in [1.82, 2.24) is 5.32 Å².